The van der Waals surface area contributed by atoms with E-state index in [1.54, 1.807) is 18.2 Å². The van der Waals surface area contributed by atoms with Crippen molar-refractivity contribution in [2.75, 3.05) is 7.11 Å². The van der Waals surface area contributed by atoms with E-state index in [0.717, 1.165) is 0 Å². The smallest absolute Gasteiger partial charge is 0.276 e. The van der Waals surface area contributed by atoms with Gasteiger partial charge in [-0.3, -0.25) is 4.79 Å². The van der Waals surface area contributed by atoms with Crippen LogP contribution in [-0.2, 0) is 0 Å². The van der Waals surface area contributed by atoms with Crippen molar-refractivity contribution in [1.82, 2.24) is 9.97 Å². The van der Waals surface area contributed by atoms with Crippen molar-refractivity contribution in [2.45, 2.75) is 0 Å². The topological polar surface area (TPSA) is 52.1 Å². The van der Waals surface area contributed by atoms with E-state index in [-0.39, 0.29) is 5.88 Å². The van der Waals surface area contributed by atoms with Gasteiger partial charge in [0.2, 0.25) is 0 Å². The fourth-order valence-electron chi connectivity index (χ4n) is 1.29. The van der Waals surface area contributed by atoms with E-state index in [4.69, 9.17) is 0 Å². The summed E-state index contributed by atoms with van der Waals surface area (Å²) >= 11 is 0. The average molecular weight is 206 g/mol. The lowest BCUT2D eigenvalue weighted by atomic mass is 10.2. The van der Waals surface area contributed by atoms with E-state index >= 15 is 0 Å². The lowest BCUT2D eigenvalue weighted by Gasteiger charge is -2.03. The first-order chi connectivity index (χ1) is 7.26. The molecule has 4 nitrogen and oxygen atoms in total. The van der Waals surface area contributed by atoms with Gasteiger partial charge in [0, 0.05) is 5.56 Å². The highest BCUT2D eigenvalue weighted by molar-refractivity contribution is 5.93. The van der Waals surface area contributed by atoms with Gasteiger partial charge in [-0.2, -0.15) is 4.39 Å². The van der Waals surface area contributed by atoms with E-state index < -0.39 is 5.95 Å². The number of aromatic nitrogens is 2. The number of halogens is 1. The molecule has 0 bridgehead atoms. The monoisotopic (exact) mass is 206 g/mol. The number of carbonyl (C=O) groups is 1. The zero-order valence-corrected chi connectivity index (χ0v) is 7.90. The van der Waals surface area contributed by atoms with E-state index in [1.807, 2.05) is 0 Å². The van der Waals surface area contributed by atoms with Crippen LogP contribution in [0.1, 0.15) is 10.4 Å². The number of ether oxygens (including phenoxy) is 1. The van der Waals surface area contributed by atoms with Crippen LogP contribution in [-0.4, -0.2) is 23.4 Å². The quantitative estimate of drug-likeness (QED) is 0.700. The lowest BCUT2D eigenvalue weighted by molar-refractivity contribution is 0.112. The summed E-state index contributed by atoms with van der Waals surface area (Å²) in [6, 6.07) is 4.78. The molecule has 0 aliphatic carbocycles. The number of hydrogen-bond acceptors (Lipinski definition) is 4. The minimum absolute atomic E-state index is 0.211. The van der Waals surface area contributed by atoms with Crippen molar-refractivity contribution in [2.24, 2.45) is 0 Å². The van der Waals surface area contributed by atoms with Crippen molar-refractivity contribution in [1.29, 1.82) is 0 Å². The highest BCUT2D eigenvalue weighted by atomic mass is 19.1. The Morgan fingerprint density at radius 3 is 2.87 bits per heavy atom. The molecule has 0 radical (unpaired) electrons. The van der Waals surface area contributed by atoms with Crippen LogP contribution in [0.15, 0.2) is 18.2 Å². The van der Waals surface area contributed by atoms with Crippen LogP contribution in [0.4, 0.5) is 4.39 Å². The maximum Gasteiger partial charge on any atom is 0.276 e. The van der Waals surface area contributed by atoms with Gasteiger partial charge in [-0.1, -0.05) is 6.07 Å². The number of carbonyl (C=O) groups excluding carboxylic acids is 1. The number of benzene rings is 1. The van der Waals surface area contributed by atoms with Crippen molar-refractivity contribution in [3.05, 3.63) is 29.7 Å². The van der Waals surface area contributed by atoms with Crippen LogP contribution >= 0.6 is 0 Å². The first-order valence-electron chi connectivity index (χ1n) is 4.21. The summed E-state index contributed by atoms with van der Waals surface area (Å²) in [5.41, 5.74) is 1.03. The molecule has 0 atom stereocenters. The normalized spacial score (nSPS) is 10.3. The Bertz CT molecular complexity index is 528. The van der Waals surface area contributed by atoms with Crippen molar-refractivity contribution < 1.29 is 13.9 Å². The number of fused-ring (bicyclic) bond motifs is 1. The summed E-state index contributed by atoms with van der Waals surface area (Å²) in [4.78, 5) is 18.2. The third kappa shape index (κ3) is 1.52. The van der Waals surface area contributed by atoms with E-state index in [0.29, 0.717) is 22.9 Å². The molecule has 0 N–H and O–H groups in total. The molecule has 0 fully saturated rings. The van der Waals surface area contributed by atoms with Gasteiger partial charge in [0.1, 0.15) is 5.52 Å². The Morgan fingerprint density at radius 1 is 1.40 bits per heavy atom. The van der Waals surface area contributed by atoms with Gasteiger partial charge in [0.05, 0.1) is 12.6 Å². The molecule has 0 saturated carbocycles. The van der Waals surface area contributed by atoms with Gasteiger partial charge in [0.25, 0.3) is 11.8 Å². The first kappa shape index (κ1) is 9.51. The first-order valence-corrected chi connectivity index (χ1v) is 4.21. The standard InChI is InChI=1S/C10H7FN2O2/c1-15-10-9(11)12-7-4-2-3-6(5-14)8(7)13-10/h2-5H,1H3. The van der Waals surface area contributed by atoms with E-state index in [2.05, 4.69) is 14.7 Å². The maximum atomic E-state index is 13.2. The summed E-state index contributed by atoms with van der Waals surface area (Å²) in [6.07, 6.45) is 0.647. The summed E-state index contributed by atoms with van der Waals surface area (Å²) < 4.78 is 17.9. The van der Waals surface area contributed by atoms with Crippen molar-refractivity contribution >= 4 is 17.3 Å². The second-order valence-electron chi connectivity index (χ2n) is 2.86. The fourth-order valence-corrected chi connectivity index (χ4v) is 1.29. The van der Waals surface area contributed by atoms with Gasteiger partial charge in [-0.05, 0) is 12.1 Å². The molecule has 15 heavy (non-hydrogen) atoms. The molecular weight excluding hydrogens is 199 g/mol. The summed E-state index contributed by atoms with van der Waals surface area (Å²) in [7, 11) is 1.29. The molecule has 0 amide bonds. The highest BCUT2D eigenvalue weighted by Gasteiger charge is 2.10. The minimum Gasteiger partial charge on any atom is -0.478 e. The third-order valence-electron chi connectivity index (χ3n) is 1.97. The molecule has 2 rings (SSSR count). The molecule has 2 aromatic rings. The van der Waals surface area contributed by atoms with Gasteiger partial charge < -0.3 is 4.74 Å². The van der Waals surface area contributed by atoms with Crippen molar-refractivity contribution in [3.8, 4) is 5.88 Å². The largest absolute Gasteiger partial charge is 0.478 e. The van der Waals surface area contributed by atoms with E-state index in [9.17, 15) is 9.18 Å². The van der Waals surface area contributed by atoms with Crippen LogP contribution < -0.4 is 4.74 Å². The van der Waals surface area contributed by atoms with Crippen molar-refractivity contribution in [3.63, 3.8) is 0 Å². The molecule has 76 valence electrons. The Balaban J connectivity index is 2.81. The minimum atomic E-state index is -0.784. The lowest BCUT2D eigenvalue weighted by Crippen LogP contribution is -1.98. The SMILES string of the molecule is COc1nc2c(C=O)cccc2nc1F. The molecule has 5 heteroatoms. The Labute approximate surface area is 84.7 Å². The second kappa shape index (κ2) is 3.61. The van der Waals surface area contributed by atoms with Crippen LogP contribution in [0.3, 0.4) is 0 Å². The number of nitrogens with zero attached hydrogens (tertiary/aromatic N) is 2. The Morgan fingerprint density at radius 2 is 2.20 bits per heavy atom. The molecular formula is C10H7FN2O2. The summed E-state index contributed by atoms with van der Waals surface area (Å²) in [5, 5.41) is 0. The summed E-state index contributed by atoms with van der Waals surface area (Å²) in [5.74, 6) is -0.996. The zero-order valence-electron chi connectivity index (χ0n) is 7.90. The number of aldehydes is 1. The van der Waals surface area contributed by atoms with Gasteiger partial charge in [0.15, 0.2) is 6.29 Å². The number of methoxy groups -OCH3 is 1. The molecule has 1 heterocycles. The molecule has 0 aliphatic rings. The van der Waals surface area contributed by atoms with Gasteiger partial charge in [-0.15, -0.1) is 0 Å². The predicted molar refractivity (Wildman–Crippen MR) is 51.4 cm³/mol. The van der Waals surface area contributed by atoms with E-state index in [1.165, 1.54) is 7.11 Å². The second-order valence-corrected chi connectivity index (χ2v) is 2.86. The predicted octanol–water partition coefficient (Wildman–Crippen LogP) is 1.59. The Kier molecular flexibility index (Phi) is 2.29. The fraction of sp³-hybridized carbons (Fsp3) is 0.100. The molecule has 0 spiro atoms. The Hall–Kier alpha value is -2.04. The number of para-hydroxylation sites is 1. The van der Waals surface area contributed by atoms with Crippen LogP contribution in [0, 0.1) is 5.95 Å². The number of hydrogen-bond donors (Lipinski definition) is 0. The van der Waals surface area contributed by atoms with Crippen LogP contribution in [0.5, 0.6) is 5.88 Å². The van der Waals surface area contributed by atoms with Crippen LogP contribution in [0.25, 0.3) is 11.0 Å². The number of rotatable bonds is 2. The zero-order chi connectivity index (χ0) is 10.8. The maximum absolute atomic E-state index is 13.2. The highest BCUT2D eigenvalue weighted by Crippen LogP contribution is 2.19. The average Bonchev–Trinajstić information content (AvgIpc) is 2.27. The molecule has 0 aliphatic heterocycles. The van der Waals surface area contributed by atoms with Gasteiger partial charge >= 0.3 is 0 Å². The molecule has 0 saturated heterocycles. The van der Waals surface area contributed by atoms with Crippen LogP contribution in [0.2, 0.25) is 0 Å². The van der Waals surface area contributed by atoms with Gasteiger partial charge in [-0.25, -0.2) is 9.97 Å². The summed E-state index contributed by atoms with van der Waals surface area (Å²) in [6.45, 7) is 0. The molecule has 0 unspecified atom stereocenters. The molecule has 1 aromatic heterocycles. The third-order valence-corrected chi connectivity index (χ3v) is 1.97. The molecule has 1 aromatic carbocycles.